The fraction of sp³-hybridized carbons (Fsp3) is 0.750. The van der Waals surface area contributed by atoms with Crippen molar-refractivity contribution in [2.24, 2.45) is 16.6 Å². The summed E-state index contributed by atoms with van der Waals surface area (Å²) in [6.45, 7) is 3.36. The fourth-order valence-electron chi connectivity index (χ4n) is 1.27. The van der Waals surface area contributed by atoms with Crippen molar-refractivity contribution in [2.45, 2.75) is 19.8 Å². The van der Waals surface area contributed by atoms with Gasteiger partial charge in [-0.15, -0.1) is 0 Å². The molecule has 0 aliphatic carbocycles. The van der Waals surface area contributed by atoms with Gasteiger partial charge in [0.2, 0.25) is 0 Å². The Bertz CT molecular complexity index is 197. The van der Waals surface area contributed by atoms with E-state index in [1.807, 2.05) is 0 Å². The van der Waals surface area contributed by atoms with E-state index in [-0.39, 0.29) is 0 Å². The number of aliphatic imine (C=N–C) groups is 1. The minimum Gasteiger partial charge on any atom is -0.387 e. The lowest BCUT2D eigenvalue weighted by Crippen LogP contribution is -2.29. The van der Waals surface area contributed by atoms with Gasteiger partial charge in [0, 0.05) is 19.1 Å². The van der Waals surface area contributed by atoms with Gasteiger partial charge in [0.25, 0.3) is 0 Å². The van der Waals surface area contributed by atoms with Crippen LogP contribution in [0.25, 0.3) is 0 Å². The molecule has 0 bridgehead atoms. The highest BCUT2D eigenvalue weighted by Gasteiger charge is 2.17. The van der Waals surface area contributed by atoms with Gasteiger partial charge in [0.05, 0.1) is 0 Å². The van der Waals surface area contributed by atoms with Crippen molar-refractivity contribution in [3.05, 3.63) is 0 Å². The Morgan fingerprint density at radius 3 is 2.58 bits per heavy atom. The minimum absolute atomic E-state index is 0.372. The Hall–Kier alpha value is -0.480. The molecule has 0 atom stereocenters. The molecule has 0 spiro atoms. The summed E-state index contributed by atoms with van der Waals surface area (Å²) in [6, 6.07) is 0. The van der Waals surface area contributed by atoms with E-state index in [0.717, 1.165) is 26.1 Å². The van der Waals surface area contributed by atoms with Crippen LogP contribution >= 0.6 is 12.2 Å². The number of amidine groups is 1. The van der Waals surface area contributed by atoms with Crippen molar-refractivity contribution >= 4 is 23.0 Å². The largest absolute Gasteiger partial charge is 0.387 e. The average molecular weight is 186 g/mol. The standard InChI is InChI=1S/C8H14N2OS/c1-6(12)10-8(9)7-2-4-11-5-3-7/h7H,2-5H2,1H3,(H2,9,10,12). The van der Waals surface area contributed by atoms with Crippen LogP contribution in [0.4, 0.5) is 0 Å². The monoisotopic (exact) mass is 186 g/mol. The second kappa shape index (κ2) is 4.52. The third-order valence-electron chi connectivity index (χ3n) is 1.93. The van der Waals surface area contributed by atoms with Crippen LogP contribution in [0.2, 0.25) is 0 Å². The molecule has 3 nitrogen and oxygen atoms in total. The predicted molar refractivity (Wildman–Crippen MR) is 53.4 cm³/mol. The maximum Gasteiger partial charge on any atom is 0.104 e. The maximum atomic E-state index is 5.76. The fourth-order valence-corrected chi connectivity index (χ4v) is 1.37. The van der Waals surface area contributed by atoms with Gasteiger partial charge in [-0.05, 0) is 19.8 Å². The normalized spacial score (nSPS) is 20.9. The molecule has 0 unspecified atom stereocenters. The summed E-state index contributed by atoms with van der Waals surface area (Å²) in [4.78, 5) is 4.68. The van der Waals surface area contributed by atoms with Crippen LogP contribution in [-0.4, -0.2) is 24.0 Å². The van der Waals surface area contributed by atoms with Crippen molar-refractivity contribution in [1.29, 1.82) is 0 Å². The molecule has 1 aliphatic heterocycles. The molecular weight excluding hydrogens is 172 g/mol. The van der Waals surface area contributed by atoms with E-state index in [0.29, 0.717) is 16.7 Å². The van der Waals surface area contributed by atoms with E-state index in [1.165, 1.54) is 0 Å². The Kier molecular flexibility index (Phi) is 3.62. The molecule has 12 heavy (non-hydrogen) atoms. The lowest BCUT2D eigenvalue weighted by molar-refractivity contribution is 0.0826. The van der Waals surface area contributed by atoms with Crippen molar-refractivity contribution in [2.75, 3.05) is 13.2 Å². The van der Waals surface area contributed by atoms with Crippen molar-refractivity contribution in [3.8, 4) is 0 Å². The highest BCUT2D eigenvalue weighted by atomic mass is 32.1. The average Bonchev–Trinajstić information content (AvgIpc) is 2.05. The van der Waals surface area contributed by atoms with Crippen LogP contribution < -0.4 is 5.73 Å². The molecule has 0 aromatic carbocycles. The topological polar surface area (TPSA) is 47.6 Å². The second-order valence-corrected chi connectivity index (χ2v) is 3.53. The van der Waals surface area contributed by atoms with Crippen LogP contribution in [0.1, 0.15) is 19.8 Å². The van der Waals surface area contributed by atoms with E-state index in [2.05, 4.69) is 4.99 Å². The molecule has 0 aromatic heterocycles. The molecule has 1 aliphatic rings. The highest BCUT2D eigenvalue weighted by molar-refractivity contribution is 7.80. The number of nitrogens with two attached hydrogens (primary N) is 1. The molecule has 1 saturated heterocycles. The first-order chi connectivity index (χ1) is 5.70. The summed E-state index contributed by atoms with van der Waals surface area (Å²) in [7, 11) is 0. The van der Waals surface area contributed by atoms with Gasteiger partial charge in [0.15, 0.2) is 0 Å². The van der Waals surface area contributed by atoms with E-state index >= 15 is 0 Å². The third-order valence-corrected chi connectivity index (χ3v) is 2.02. The summed E-state index contributed by atoms with van der Waals surface area (Å²) < 4.78 is 5.21. The summed E-state index contributed by atoms with van der Waals surface area (Å²) in [5.41, 5.74) is 5.76. The Balaban J connectivity index is 2.49. The molecule has 1 rings (SSSR count). The van der Waals surface area contributed by atoms with E-state index in [9.17, 15) is 0 Å². The first-order valence-electron chi connectivity index (χ1n) is 4.12. The second-order valence-electron chi connectivity index (χ2n) is 2.94. The highest BCUT2D eigenvalue weighted by Crippen LogP contribution is 2.14. The summed E-state index contributed by atoms with van der Waals surface area (Å²) >= 11 is 4.84. The van der Waals surface area contributed by atoms with Crippen LogP contribution in [0.3, 0.4) is 0 Å². The van der Waals surface area contributed by atoms with Crippen LogP contribution in [-0.2, 0) is 4.74 Å². The third kappa shape index (κ3) is 2.87. The summed E-state index contributed by atoms with van der Waals surface area (Å²) in [5, 5.41) is 0. The number of hydrogen-bond acceptors (Lipinski definition) is 2. The number of hydrogen-bond donors (Lipinski definition) is 1. The van der Waals surface area contributed by atoms with Gasteiger partial charge in [-0.3, -0.25) is 0 Å². The lowest BCUT2D eigenvalue weighted by Gasteiger charge is -2.21. The van der Waals surface area contributed by atoms with E-state index < -0.39 is 0 Å². The van der Waals surface area contributed by atoms with Gasteiger partial charge >= 0.3 is 0 Å². The van der Waals surface area contributed by atoms with Crippen LogP contribution in [0, 0.1) is 5.92 Å². The van der Waals surface area contributed by atoms with Crippen LogP contribution in [0.15, 0.2) is 4.99 Å². The minimum atomic E-state index is 0.372. The molecule has 1 heterocycles. The van der Waals surface area contributed by atoms with Crippen molar-refractivity contribution in [3.63, 3.8) is 0 Å². The number of thiocarbonyl (C=S) groups is 1. The molecule has 68 valence electrons. The zero-order valence-corrected chi connectivity index (χ0v) is 8.06. The molecule has 2 N–H and O–H groups in total. The Morgan fingerprint density at radius 1 is 1.50 bits per heavy atom. The van der Waals surface area contributed by atoms with Gasteiger partial charge in [-0.2, -0.15) is 0 Å². The smallest absolute Gasteiger partial charge is 0.104 e. The molecule has 0 amide bonds. The first-order valence-corrected chi connectivity index (χ1v) is 4.53. The molecule has 1 fully saturated rings. The maximum absolute atomic E-state index is 5.76. The Morgan fingerprint density at radius 2 is 2.08 bits per heavy atom. The molecule has 0 saturated carbocycles. The van der Waals surface area contributed by atoms with E-state index in [1.54, 1.807) is 6.92 Å². The number of ether oxygens (including phenoxy) is 1. The van der Waals surface area contributed by atoms with Crippen LogP contribution in [0.5, 0.6) is 0 Å². The zero-order valence-electron chi connectivity index (χ0n) is 7.25. The first kappa shape index (κ1) is 9.61. The lowest BCUT2D eigenvalue weighted by atomic mass is 9.99. The zero-order chi connectivity index (χ0) is 8.97. The molecule has 4 heteroatoms. The van der Waals surface area contributed by atoms with E-state index in [4.69, 9.17) is 22.7 Å². The van der Waals surface area contributed by atoms with Crippen molar-refractivity contribution < 1.29 is 4.74 Å². The number of nitrogens with zero attached hydrogens (tertiary/aromatic N) is 1. The summed E-state index contributed by atoms with van der Waals surface area (Å²) in [5.74, 6) is 1.04. The molecule has 0 aromatic rings. The van der Waals surface area contributed by atoms with Gasteiger partial charge in [-0.25, -0.2) is 4.99 Å². The quantitative estimate of drug-likeness (QED) is 0.379. The molecule has 0 radical (unpaired) electrons. The molecular formula is C8H14N2OS. The Labute approximate surface area is 78.0 Å². The van der Waals surface area contributed by atoms with Gasteiger partial charge < -0.3 is 10.5 Å². The van der Waals surface area contributed by atoms with Gasteiger partial charge in [-0.1, -0.05) is 12.2 Å². The van der Waals surface area contributed by atoms with Crippen molar-refractivity contribution in [1.82, 2.24) is 0 Å². The van der Waals surface area contributed by atoms with Gasteiger partial charge in [0.1, 0.15) is 10.8 Å². The number of rotatable bonds is 1. The SMILES string of the molecule is CC(=S)N=C(N)C1CCOCC1. The summed E-state index contributed by atoms with van der Waals surface area (Å²) in [6.07, 6.45) is 1.94. The predicted octanol–water partition coefficient (Wildman–Crippen LogP) is 1.12.